The number of piperidine rings is 1. The highest BCUT2D eigenvalue weighted by Gasteiger charge is 2.22. The van der Waals surface area contributed by atoms with E-state index in [2.05, 4.69) is 20.8 Å². The van der Waals surface area contributed by atoms with Gasteiger partial charge in [-0.2, -0.15) is 4.98 Å². The first-order valence-corrected chi connectivity index (χ1v) is 9.12. The monoisotopic (exact) mass is 384 g/mol. The fourth-order valence-electron chi connectivity index (χ4n) is 3.29. The molecule has 3 aromatic heterocycles. The number of hydrogen-bond donors (Lipinski definition) is 2. The van der Waals surface area contributed by atoms with Crippen LogP contribution in [-0.4, -0.2) is 29.1 Å². The first kappa shape index (κ1) is 18.2. The summed E-state index contributed by atoms with van der Waals surface area (Å²) in [5.41, 5.74) is -0.0467. The van der Waals surface area contributed by atoms with E-state index in [0.29, 0.717) is 17.1 Å². The van der Waals surface area contributed by atoms with Gasteiger partial charge in [-0.3, -0.25) is 4.79 Å². The third-order valence-corrected chi connectivity index (χ3v) is 4.74. The topological polar surface area (TPSA) is 123 Å². The first-order chi connectivity index (χ1) is 13.6. The third kappa shape index (κ3) is 3.74. The summed E-state index contributed by atoms with van der Waals surface area (Å²) in [7, 11) is 0. The zero-order chi connectivity index (χ0) is 19.5. The molecule has 1 aliphatic rings. The SMILES string of the molecule is Cc1cc(C2CCNCC2)oc(=O)c1C(=O)NCc1noc(-c2ccco2)n1. The molecule has 0 aliphatic carbocycles. The maximum Gasteiger partial charge on any atom is 0.349 e. The van der Waals surface area contributed by atoms with Gasteiger partial charge in [0, 0.05) is 5.92 Å². The molecule has 0 bridgehead atoms. The van der Waals surface area contributed by atoms with E-state index in [0.717, 1.165) is 25.9 Å². The van der Waals surface area contributed by atoms with Crippen LogP contribution < -0.4 is 16.3 Å². The lowest BCUT2D eigenvalue weighted by molar-refractivity contribution is 0.0944. The molecule has 4 heterocycles. The van der Waals surface area contributed by atoms with Crippen LogP contribution in [0.4, 0.5) is 0 Å². The average Bonchev–Trinajstić information content (AvgIpc) is 3.38. The van der Waals surface area contributed by atoms with Gasteiger partial charge >= 0.3 is 5.63 Å². The second kappa shape index (κ2) is 7.81. The zero-order valence-electron chi connectivity index (χ0n) is 15.4. The van der Waals surface area contributed by atoms with Gasteiger partial charge in [0.05, 0.1) is 12.8 Å². The quantitative estimate of drug-likeness (QED) is 0.684. The third-order valence-electron chi connectivity index (χ3n) is 4.74. The summed E-state index contributed by atoms with van der Waals surface area (Å²) in [4.78, 5) is 29.1. The molecule has 3 aromatic rings. The predicted octanol–water partition coefficient (Wildman–Crippen LogP) is 1.99. The van der Waals surface area contributed by atoms with Gasteiger partial charge in [0.1, 0.15) is 11.3 Å². The molecule has 0 unspecified atom stereocenters. The molecule has 1 aliphatic heterocycles. The molecule has 0 spiro atoms. The van der Waals surface area contributed by atoms with Crippen molar-refractivity contribution in [2.45, 2.75) is 32.2 Å². The van der Waals surface area contributed by atoms with E-state index >= 15 is 0 Å². The second-order valence-electron chi connectivity index (χ2n) is 6.69. The Kier molecular flexibility index (Phi) is 5.07. The molecular formula is C19H20N4O5. The summed E-state index contributed by atoms with van der Waals surface area (Å²) < 4.78 is 15.7. The van der Waals surface area contributed by atoms with Crippen LogP contribution in [0.5, 0.6) is 0 Å². The van der Waals surface area contributed by atoms with Gasteiger partial charge in [-0.25, -0.2) is 4.79 Å². The summed E-state index contributed by atoms with van der Waals surface area (Å²) >= 11 is 0. The molecule has 9 nitrogen and oxygen atoms in total. The maximum atomic E-state index is 12.5. The molecule has 146 valence electrons. The Morgan fingerprint density at radius 1 is 1.36 bits per heavy atom. The van der Waals surface area contributed by atoms with Gasteiger partial charge in [0.25, 0.3) is 11.8 Å². The number of amides is 1. The Hall–Kier alpha value is -3.20. The van der Waals surface area contributed by atoms with Crippen LogP contribution in [0.1, 0.15) is 46.3 Å². The van der Waals surface area contributed by atoms with Crippen LogP contribution in [0.15, 0.2) is 42.6 Å². The van der Waals surface area contributed by atoms with Crippen molar-refractivity contribution in [3.8, 4) is 11.7 Å². The van der Waals surface area contributed by atoms with Gasteiger partial charge in [-0.15, -0.1) is 0 Å². The number of nitrogens with one attached hydrogen (secondary N) is 2. The Morgan fingerprint density at radius 3 is 2.89 bits per heavy atom. The molecule has 1 amide bonds. The van der Waals surface area contributed by atoms with Crippen molar-refractivity contribution in [3.63, 3.8) is 0 Å². The lowest BCUT2D eigenvalue weighted by atomic mass is 9.94. The molecule has 0 atom stereocenters. The zero-order valence-corrected chi connectivity index (χ0v) is 15.4. The molecule has 1 saturated heterocycles. The summed E-state index contributed by atoms with van der Waals surface area (Å²) in [6.45, 7) is 3.53. The van der Waals surface area contributed by atoms with Crippen molar-refractivity contribution in [1.82, 2.24) is 20.8 Å². The van der Waals surface area contributed by atoms with Crippen molar-refractivity contribution in [3.05, 3.63) is 57.6 Å². The Bertz CT molecular complexity index is 1020. The van der Waals surface area contributed by atoms with Crippen LogP contribution in [0.2, 0.25) is 0 Å². The van der Waals surface area contributed by atoms with Crippen LogP contribution in [-0.2, 0) is 6.54 Å². The molecule has 9 heteroatoms. The minimum atomic E-state index is -0.629. The number of nitrogens with zero attached hydrogens (tertiary/aromatic N) is 2. The molecule has 28 heavy (non-hydrogen) atoms. The van der Waals surface area contributed by atoms with Crippen LogP contribution in [0.3, 0.4) is 0 Å². The fraction of sp³-hybridized carbons (Fsp3) is 0.368. The highest BCUT2D eigenvalue weighted by atomic mass is 16.5. The van der Waals surface area contributed by atoms with E-state index < -0.39 is 11.5 Å². The van der Waals surface area contributed by atoms with Crippen LogP contribution in [0, 0.1) is 6.92 Å². The molecule has 1 fully saturated rings. The smallest absolute Gasteiger partial charge is 0.349 e. The van der Waals surface area contributed by atoms with Crippen molar-refractivity contribution in [1.29, 1.82) is 0 Å². The van der Waals surface area contributed by atoms with Gasteiger partial charge in [-0.05, 0) is 56.6 Å². The van der Waals surface area contributed by atoms with E-state index in [1.807, 2.05) is 0 Å². The molecule has 4 rings (SSSR count). The van der Waals surface area contributed by atoms with Crippen molar-refractivity contribution in [2.24, 2.45) is 0 Å². The van der Waals surface area contributed by atoms with Crippen molar-refractivity contribution in [2.75, 3.05) is 13.1 Å². The summed E-state index contributed by atoms with van der Waals surface area (Å²) in [5, 5.41) is 9.70. The molecule has 0 radical (unpaired) electrons. The van der Waals surface area contributed by atoms with E-state index in [4.69, 9.17) is 13.4 Å². The Balaban J connectivity index is 1.45. The Labute approximate surface area is 160 Å². The first-order valence-electron chi connectivity index (χ1n) is 9.12. The number of furan rings is 1. The fourth-order valence-corrected chi connectivity index (χ4v) is 3.29. The van der Waals surface area contributed by atoms with Crippen molar-refractivity contribution >= 4 is 5.91 Å². The minimum absolute atomic E-state index is 0.00700. The molecular weight excluding hydrogens is 364 g/mol. The van der Waals surface area contributed by atoms with Crippen molar-refractivity contribution < 1.29 is 18.2 Å². The van der Waals surface area contributed by atoms with Gasteiger partial charge in [0.15, 0.2) is 11.6 Å². The number of carbonyl (C=O) groups is 1. The lowest BCUT2D eigenvalue weighted by Crippen LogP contribution is -2.31. The number of rotatable bonds is 5. The molecule has 2 N–H and O–H groups in total. The van der Waals surface area contributed by atoms with Crippen LogP contribution >= 0.6 is 0 Å². The Morgan fingerprint density at radius 2 is 2.18 bits per heavy atom. The van der Waals surface area contributed by atoms with Gasteiger partial charge in [0.2, 0.25) is 0 Å². The molecule has 0 aromatic carbocycles. The number of aromatic nitrogens is 2. The highest BCUT2D eigenvalue weighted by Crippen LogP contribution is 2.25. The van der Waals surface area contributed by atoms with Gasteiger partial charge in [-0.1, -0.05) is 5.16 Å². The number of carbonyl (C=O) groups excluding carboxylic acids is 1. The van der Waals surface area contributed by atoms with E-state index in [1.54, 1.807) is 25.1 Å². The predicted molar refractivity (Wildman–Crippen MR) is 97.7 cm³/mol. The number of aryl methyl sites for hydroxylation is 1. The largest absolute Gasteiger partial charge is 0.459 e. The second-order valence-corrected chi connectivity index (χ2v) is 6.69. The van der Waals surface area contributed by atoms with E-state index in [-0.39, 0.29) is 29.7 Å². The maximum absolute atomic E-state index is 12.5. The lowest BCUT2D eigenvalue weighted by Gasteiger charge is -2.21. The summed E-state index contributed by atoms with van der Waals surface area (Å²) in [6, 6.07) is 5.18. The van der Waals surface area contributed by atoms with E-state index in [1.165, 1.54) is 6.26 Å². The van der Waals surface area contributed by atoms with E-state index in [9.17, 15) is 9.59 Å². The normalized spacial score (nSPS) is 14.9. The summed E-state index contributed by atoms with van der Waals surface area (Å²) in [6.07, 6.45) is 3.31. The number of hydrogen-bond acceptors (Lipinski definition) is 8. The molecule has 0 saturated carbocycles. The average molecular weight is 384 g/mol. The van der Waals surface area contributed by atoms with Gasteiger partial charge < -0.3 is 24.0 Å². The van der Waals surface area contributed by atoms with Crippen LogP contribution in [0.25, 0.3) is 11.7 Å². The minimum Gasteiger partial charge on any atom is -0.459 e. The summed E-state index contributed by atoms with van der Waals surface area (Å²) in [5.74, 6) is 1.23. The highest BCUT2D eigenvalue weighted by molar-refractivity contribution is 5.95. The standard InChI is InChI=1S/C19H20N4O5/c1-11-9-14(12-4-6-20-7-5-12)27-19(25)16(11)17(24)21-10-15-22-18(28-23-15)13-3-2-8-26-13/h2-3,8-9,12,20H,4-7,10H2,1H3,(H,21,24).